The maximum Gasteiger partial charge on any atom is 0.123 e. The summed E-state index contributed by atoms with van der Waals surface area (Å²) in [6.45, 7) is 0.611. The van der Waals surface area contributed by atoms with Crippen molar-refractivity contribution in [2.75, 3.05) is 0 Å². The van der Waals surface area contributed by atoms with E-state index < -0.39 is 0 Å². The van der Waals surface area contributed by atoms with Crippen molar-refractivity contribution in [1.29, 1.82) is 0 Å². The van der Waals surface area contributed by atoms with Crippen molar-refractivity contribution in [2.45, 2.75) is 25.3 Å². The minimum Gasteiger partial charge on any atom is -0.326 e. The molecule has 3 rings (SSSR count). The van der Waals surface area contributed by atoms with Gasteiger partial charge in [0.25, 0.3) is 0 Å². The number of halogens is 1. The van der Waals surface area contributed by atoms with Gasteiger partial charge in [-0.15, -0.1) is 11.3 Å². The molecule has 0 amide bonds. The molecule has 1 fully saturated rings. The number of thiazole rings is 1. The third-order valence-electron chi connectivity index (χ3n) is 2.97. The number of nitrogens with zero attached hydrogens (tertiary/aromatic N) is 1. The fourth-order valence-electron chi connectivity index (χ4n) is 1.90. The van der Waals surface area contributed by atoms with Crippen molar-refractivity contribution in [1.82, 2.24) is 4.98 Å². The first-order valence-electron chi connectivity index (χ1n) is 5.73. The van der Waals surface area contributed by atoms with Crippen molar-refractivity contribution in [2.24, 2.45) is 5.73 Å². The van der Waals surface area contributed by atoms with Gasteiger partial charge in [0.1, 0.15) is 5.01 Å². The van der Waals surface area contributed by atoms with Crippen molar-refractivity contribution >= 4 is 27.3 Å². The molecule has 0 aliphatic heterocycles. The van der Waals surface area contributed by atoms with Gasteiger partial charge < -0.3 is 5.73 Å². The first-order valence-corrected chi connectivity index (χ1v) is 7.34. The van der Waals surface area contributed by atoms with Crippen LogP contribution < -0.4 is 5.73 Å². The zero-order valence-electron chi connectivity index (χ0n) is 9.32. The minimum atomic E-state index is 0.611. The molecule has 88 valence electrons. The summed E-state index contributed by atoms with van der Waals surface area (Å²) in [5, 5.41) is 1.10. The molecule has 0 atom stereocenters. The molecule has 0 saturated heterocycles. The van der Waals surface area contributed by atoms with E-state index in [-0.39, 0.29) is 0 Å². The number of nitrogens with two attached hydrogens (primary N) is 1. The van der Waals surface area contributed by atoms with Gasteiger partial charge in [0.15, 0.2) is 0 Å². The highest BCUT2D eigenvalue weighted by Gasteiger charge is 2.29. The first-order chi connectivity index (χ1) is 8.28. The summed E-state index contributed by atoms with van der Waals surface area (Å²) in [5.41, 5.74) is 8.22. The average Bonchev–Trinajstić information content (AvgIpc) is 3.10. The second kappa shape index (κ2) is 4.52. The molecule has 4 heteroatoms. The lowest BCUT2D eigenvalue weighted by atomic mass is 10.2. The lowest BCUT2D eigenvalue weighted by Gasteiger charge is -1.95. The number of aromatic nitrogens is 1. The summed E-state index contributed by atoms with van der Waals surface area (Å²) in [6.07, 6.45) is 2.55. The van der Waals surface area contributed by atoms with E-state index in [9.17, 15) is 0 Å². The highest BCUT2D eigenvalue weighted by atomic mass is 79.9. The Hall–Kier alpha value is -0.710. The highest BCUT2D eigenvalue weighted by molar-refractivity contribution is 9.10. The van der Waals surface area contributed by atoms with E-state index in [0.717, 1.165) is 9.48 Å². The molecule has 0 unspecified atom stereocenters. The molecule has 1 saturated carbocycles. The van der Waals surface area contributed by atoms with E-state index in [1.807, 2.05) is 0 Å². The van der Waals surface area contributed by atoms with E-state index in [4.69, 9.17) is 10.7 Å². The summed E-state index contributed by atoms with van der Waals surface area (Å²) in [5.74, 6) is 0.675. The van der Waals surface area contributed by atoms with Crippen molar-refractivity contribution in [3.05, 3.63) is 39.3 Å². The summed E-state index contributed by atoms with van der Waals surface area (Å²) in [4.78, 5) is 6.02. The fourth-order valence-corrected chi connectivity index (χ4v) is 3.20. The van der Waals surface area contributed by atoms with Crippen LogP contribution in [0.2, 0.25) is 0 Å². The molecule has 0 spiro atoms. The molecular weight excluding hydrogens is 296 g/mol. The van der Waals surface area contributed by atoms with Gasteiger partial charge in [-0.05, 0) is 25.0 Å². The van der Waals surface area contributed by atoms with Crippen molar-refractivity contribution in [3.8, 4) is 10.6 Å². The molecule has 1 aliphatic rings. The van der Waals surface area contributed by atoms with Crippen LogP contribution in [0.5, 0.6) is 0 Å². The molecule has 2 N–H and O–H groups in total. The maximum atomic E-state index is 5.79. The van der Waals surface area contributed by atoms with Crippen LogP contribution in [-0.2, 0) is 6.54 Å². The Morgan fingerprint density at radius 2 is 2.00 bits per heavy atom. The number of hydrogen-bond acceptors (Lipinski definition) is 3. The Bertz CT molecular complexity index is 529. The summed E-state index contributed by atoms with van der Waals surface area (Å²) >= 11 is 5.18. The highest BCUT2D eigenvalue weighted by Crippen LogP contribution is 2.44. The standard InChI is InChI=1S/C13H13BrN2S/c14-10-5-3-9(4-6-10)13-16-12(8-1-2-8)11(7-15)17-13/h3-6,8H,1-2,7,15H2. The van der Waals surface area contributed by atoms with E-state index in [1.54, 1.807) is 11.3 Å². The maximum absolute atomic E-state index is 5.79. The Kier molecular flexibility index (Phi) is 3.03. The molecule has 1 aromatic carbocycles. The molecule has 1 aliphatic carbocycles. The first kappa shape index (κ1) is 11.4. The van der Waals surface area contributed by atoms with E-state index >= 15 is 0 Å². The van der Waals surface area contributed by atoms with Crippen LogP contribution >= 0.6 is 27.3 Å². The molecule has 0 bridgehead atoms. The molecular formula is C13H13BrN2S. The van der Waals surface area contributed by atoms with Crippen LogP contribution in [0.15, 0.2) is 28.7 Å². The van der Waals surface area contributed by atoms with Crippen LogP contribution in [0.3, 0.4) is 0 Å². The third-order valence-corrected chi connectivity index (χ3v) is 4.64. The predicted molar refractivity (Wildman–Crippen MR) is 75.1 cm³/mol. The number of hydrogen-bond donors (Lipinski definition) is 1. The minimum absolute atomic E-state index is 0.611. The van der Waals surface area contributed by atoms with Crippen LogP contribution in [0.4, 0.5) is 0 Å². The fraction of sp³-hybridized carbons (Fsp3) is 0.308. The summed E-state index contributed by atoms with van der Waals surface area (Å²) in [6, 6.07) is 8.30. The van der Waals surface area contributed by atoms with Gasteiger partial charge in [0, 0.05) is 27.4 Å². The molecule has 2 nitrogen and oxygen atoms in total. The normalized spacial score (nSPS) is 15.2. The largest absolute Gasteiger partial charge is 0.326 e. The predicted octanol–water partition coefficient (Wildman–Crippen LogP) is 3.91. The average molecular weight is 309 g/mol. The molecule has 2 aromatic rings. The zero-order chi connectivity index (χ0) is 11.8. The van der Waals surface area contributed by atoms with E-state index in [1.165, 1.54) is 29.0 Å². The Morgan fingerprint density at radius 1 is 1.29 bits per heavy atom. The van der Waals surface area contributed by atoms with Crippen LogP contribution in [0.25, 0.3) is 10.6 Å². The molecule has 0 radical (unpaired) electrons. The zero-order valence-corrected chi connectivity index (χ0v) is 11.7. The Balaban J connectivity index is 2.00. The van der Waals surface area contributed by atoms with Crippen LogP contribution in [0.1, 0.15) is 29.3 Å². The lowest BCUT2D eigenvalue weighted by molar-refractivity contribution is 0.980. The van der Waals surface area contributed by atoms with Crippen LogP contribution in [-0.4, -0.2) is 4.98 Å². The second-order valence-corrected chi connectivity index (χ2v) is 6.31. The quantitative estimate of drug-likeness (QED) is 0.933. The lowest BCUT2D eigenvalue weighted by Crippen LogP contribution is -1.96. The topological polar surface area (TPSA) is 38.9 Å². The monoisotopic (exact) mass is 308 g/mol. The third kappa shape index (κ3) is 2.30. The van der Waals surface area contributed by atoms with Gasteiger partial charge in [-0.25, -0.2) is 4.98 Å². The van der Waals surface area contributed by atoms with E-state index in [2.05, 4.69) is 40.2 Å². The SMILES string of the molecule is NCc1sc(-c2ccc(Br)cc2)nc1C1CC1. The number of benzene rings is 1. The van der Waals surface area contributed by atoms with Gasteiger partial charge >= 0.3 is 0 Å². The molecule has 1 heterocycles. The van der Waals surface area contributed by atoms with Crippen LogP contribution in [0, 0.1) is 0 Å². The van der Waals surface area contributed by atoms with Gasteiger partial charge in [-0.3, -0.25) is 0 Å². The van der Waals surface area contributed by atoms with E-state index in [0.29, 0.717) is 12.5 Å². The van der Waals surface area contributed by atoms with Crippen molar-refractivity contribution < 1.29 is 0 Å². The van der Waals surface area contributed by atoms with Crippen molar-refractivity contribution in [3.63, 3.8) is 0 Å². The number of rotatable bonds is 3. The van der Waals surface area contributed by atoms with Gasteiger partial charge in [0.2, 0.25) is 0 Å². The Labute approximate surface area is 113 Å². The van der Waals surface area contributed by atoms with Gasteiger partial charge in [0.05, 0.1) is 5.69 Å². The smallest absolute Gasteiger partial charge is 0.123 e. The Morgan fingerprint density at radius 3 is 2.59 bits per heavy atom. The van der Waals surface area contributed by atoms with Gasteiger partial charge in [-0.1, -0.05) is 28.1 Å². The van der Waals surface area contributed by atoms with Gasteiger partial charge in [-0.2, -0.15) is 0 Å². The molecule has 17 heavy (non-hydrogen) atoms. The second-order valence-electron chi connectivity index (χ2n) is 4.31. The molecule has 1 aromatic heterocycles. The summed E-state index contributed by atoms with van der Waals surface area (Å²) < 4.78 is 1.10. The summed E-state index contributed by atoms with van der Waals surface area (Å²) in [7, 11) is 0.